The molecule has 3 atom stereocenters. The molecule has 2 unspecified atom stereocenters. The number of carbonyl (C=O) groups excluding carboxylic acids is 5. The minimum absolute atomic E-state index is 0.0747. The molecule has 6 N–H and O–H groups in total. The molecule has 0 aliphatic carbocycles. The summed E-state index contributed by atoms with van der Waals surface area (Å²) in [6.45, 7) is 4.18. The molecule has 58 heavy (non-hydrogen) atoms. The van der Waals surface area contributed by atoms with E-state index in [2.05, 4.69) is 16.0 Å². The van der Waals surface area contributed by atoms with Crippen LogP contribution in [-0.4, -0.2) is 101 Å². The van der Waals surface area contributed by atoms with Crippen molar-refractivity contribution in [2.45, 2.75) is 71.4 Å². The molecule has 312 valence electrons. The molecule has 0 bridgehead atoms. The third-order valence-corrected chi connectivity index (χ3v) is 8.80. The van der Waals surface area contributed by atoms with Crippen molar-refractivity contribution in [1.29, 1.82) is 0 Å². The van der Waals surface area contributed by atoms with Crippen molar-refractivity contribution < 1.29 is 72.4 Å². The van der Waals surface area contributed by atoms with Gasteiger partial charge in [-0.1, -0.05) is 39.2 Å². The number of unbranched alkanes of at least 4 members (excludes halogenated alkanes) is 2. The Morgan fingerprint density at radius 1 is 0.879 bits per heavy atom. The molecule has 2 aromatic carbocycles. The van der Waals surface area contributed by atoms with E-state index < -0.39 is 72.6 Å². The second-order valence-corrected chi connectivity index (χ2v) is 12.8. The fourth-order valence-corrected chi connectivity index (χ4v) is 5.84. The maximum Gasteiger partial charge on any atom is 0.363 e. The predicted molar refractivity (Wildman–Crippen MR) is 202 cm³/mol. The maximum absolute atomic E-state index is 13.6. The first-order valence-corrected chi connectivity index (χ1v) is 18.1. The van der Waals surface area contributed by atoms with Gasteiger partial charge in [0.1, 0.15) is 23.3 Å². The highest BCUT2D eigenvalue weighted by molar-refractivity contribution is 6.00. The van der Waals surface area contributed by atoms with Crippen LogP contribution >= 0.6 is 0 Å². The van der Waals surface area contributed by atoms with Gasteiger partial charge in [0.05, 0.1) is 43.3 Å². The standard InChI is InChI=1S/C39H46N4O15/c1-5-7-8-9-26(29(6-2)43(21-44)58-39(54)25-13-11-24(55-4)16-22(25)3)35(49)40-20-41-37(51)31-15-14-30(57-31)23-10-12-27(32(17-23)56-19-34(47)48)36(50)42-28(38(52)53)18-33(45)46/h10-17,21,26,28-29H,5-9,18-20H2,1-4H3,(H,40,49)(H,41,51)(H,42,50)(H,45,46)(H,47,48)(H,52,53)/t26?,28?,29-/m1/s1. The molecule has 1 aromatic heterocycles. The van der Waals surface area contributed by atoms with Crippen LogP contribution in [0.2, 0.25) is 0 Å². The Balaban J connectivity index is 1.73. The fourth-order valence-electron chi connectivity index (χ4n) is 5.84. The highest BCUT2D eigenvalue weighted by Gasteiger charge is 2.34. The van der Waals surface area contributed by atoms with Crippen molar-refractivity contribution in [2.24, 2.45) is 5.92 Å². The first-order valence-electron chi connectivity index (χ1n) is 18.1. The zero-order valence-electron chi connectivity index (χ0n) is 32.3. The lowest BCUT2D eigenvalue weighted by atomic mass is 9.90. The van der Waals surface area contributed by atoms with Crippen LogP contribution in [0.15, 0.2) is 52.9 Å². The Kier molecular flexibility index (Phi) is 17.2. The summed E-state index contributed by atoms with van der Waals surface area (Å²) < 4.78 is 16.1. The van der Waals surface area contributed by atoms with Gasteiger partial charge in [0.15, 0.2) is 12.4 Å². The molecule has 19 nitrogen and oxygen atoms in total. The van der Waals surface area contributed by atoms with Gasteiger partial charge in [-0.15, -0.1) is 0 Å². The summed E-state index contributed by atoms with van der Waals surface area (Å²) in [5.41, 5.74) is 0.672. The third kappa shape index (κ3) is 12.8. The lowest BCUT2D eigenvalue weighted by Crippen LogP contribution is -2.49. The van der Waals surface area contributed by atoms with Gasteiger partial charge in [0.25, 0.3) is 11.8 Å². The summed E-state index contributed by atoms with van der Waals surface area (Å²) >= 11 is 0. The molecule has 0 saturated heterocycles. The van der Waals surface area contributed by atoms with Crippen LogP contribution in [0.1, 0.15) is 89.2 Å². The fraction of sp³-hybridized carbons (Fsp3) is 0.385. The molecule has 0 saturated carbocycles. The largest absolute Gasteiger partial charge is 0.497 e. The van der Waals surface area contributed by atoms with Crippen LogP contribution in [0.4, 0.5) is 0 Å². The third-order valence-electron chi connectivity index (χ3n) is 8.80. The van der Waals surface area contributed by atoms with E-state index >= 15 is 0 Å². The van der Waals surface area contributed by atoms with Crippen molar-refractivity contribution in [2.75, 3.05) is 20.4 Å². The summed E-state index contributed by atoms with van der Waals surface area (Å²) in [4.78, 5) is 104. The number of nitrogens with zero attached hydrogens (tertiary/aromatic N) is 1. The van der Waals surface area contributed by atoms with Crippen LogP contribution < -0.4 is 25.4 Å². The van der Waals surface area contributed by atoms with Crippen LogP contribution in [-0.2, 0) is 28.8 Å². The Morgan fingerprint density at radius 2 is 1.60 bits per heavy atom. The van der Waals surface area contributed by atoms with Gasteiger partial charge in [0, 0.05) is 5.56 Å². The average Bonchev–Trinajstić information content (AvgIpc) is 3.69. The summed E-state index contributed by atoms with van der Waals surface area (Å²) in [6, 6.07) is 8.54. The number of rotatable bonds is 24. The van der Waals surface area contributed by atoms with Gasteiger partial charge in [-0.05, 0) is 67.8 Å². The number of hydrogen-bond acceptors (Lipinski definition) is 12. The van der Waals surface area contributed by atoms with Gasteiger partial charge in [-0.2, -0.15) is 5.06 Å². The predicted octanol–water partition coefficient (Wildman–Crippen LogP) is 3.39. The minimum Gasteiger partial charge on any atom is -0.497 e. The highest BCUT2D eigenvalue weighted by Crippen LogP contribution is 2.30. The normalized spacial score (nSPS) is 12.2. The Labute approximate surface area is 332 Å². The van der Waals surface area contributed by atoms with Crippen LogP contribution in [0.5, 0.6) is 11.5 Å². The number of amides is 4. The quantitative estimate of drug-likeness (QED) is 0.0327. The van der Waals surface area contributed by atoms with Crippen LogP contribution in [0.3, 0.4) is 0 Å². The molecular formula is C39H46N4O15. The molecule has 0 spiro atoms. The zero-order chi connectivity index (χ0) is 42.9. The Morgan fingerprint density at radius 3 is 2.21 bits per heavy atom. The SMILES string of the molecule is CCCCCC(C(=O)NCNC(=O)c1ccc(-c2ccc(C(=O)NC(CC(=O)O)C(=O)O)c(OCC(=O)O)c2)o1)[C@@H](CC)N(C=O)OC(=O)c1ccc(OC)cc1C. The van der Waals surface area contributed by atoms with E-state index in [4.69, 9.17) is 28.9 Å². The van der Waals surface area contributed by atoms with E-state index in [0.29, 0.717) is 30.6 Å². The Bertz CT molecular complexity index is 1980. The van der Waals surface area contributed by atoms with Crippen molar-refractivity contribution in [1.82, 2.24) is 21.0 Å². The number of hydroxylamine groups is 2. The molecule has 0 aliphatic heterocycles. The van der Waals surface area contributed by atoms with Crippen molar-refractivity contribution in [3.63, 3.8) is 0 Å². The lowest BCUT2D eigenvalue weighted by molar-refractivity contribution is -0.171. The zero-order valence-corrected chi connectivity index (χ0v) is 32.3. The number of aryl methyl sites for hydroxylation is 1. The molecular weight excluding hydrogens is 764 g/mol. The second kappa shape index (κ2) is 22.0. The van der Waals surface area contributed by atoms with Crippen LogP contribution in [0.25, 0.3) is 11.3 Å². The topological polar surface area (TPSA) is 277 Å². The number of carbonyl (C=O) groups is 8. The molecule has 0 radical (unpaired) electrons. The van der Waals surface area contributed by atoms with Crippen molar-refractivity contribution >= 4 is 48.0 Å². The number of nitrogens with one attached hydrogen (secondary N) is 3. The van der Waals surface area contributed by atoms with Gasteiger partial charge < -0.3 is 50.0 Å². The second-order valence-electron chi connectivity index (χ2n) is 12.8. The number of methoxy groups -OCH3 is 1. The number of carboxylic acid groups (broad SMARTS) is 3. The number of aliphatic carboxylic acids is 3. The number of ether oxygens (including phenoxy) is 2. The summed E-state index contributed by atoms with van der Waals surface area (Å²) in [5.74, 6) is -8.31. The monoisotopic (exact) mass is 810 g/mol. The number of furan rings is 1. The van der Waals surface area contributed by atoms with E-state index in [9.17, 15) is 43.5 Å². The van der Waals surface area contributed by atoms with Gasteiger partial charge in [-0.3, -0.25) is 24.0 Å². The first-order chi connectivity index (χ1) is 27.6. The van der Waals surface area contributed by atoms with Crippen molar-refractivity contribution in [3.8, 4) is 22.8 Å². The molecule has 1 heterocycles. The average molecular weight is 811 g/mol. The van der Waals surface area contributed by atoms with E-state index in [0.717, 1.165) is 17.9 Å². The van der Waals surface area contributed by atoms with E-state index in [1.165, 1.54) is 43.5 Å². The number of hydrogen-bond donors (Lipinski definition) is 6. The van der Waals surface area contributed by atoms with Crippen molar-refractivity contribution in [3.05, 3.63) is 71.0 Å². The molecule has 4 amide bonds. The van der Waals surface area contributed by atoms with Gasteiger partial charge >= 0.3 is 23.9 Å². The van der Waals surface area contributed by atoms with E-state index in [1.807, 2.05) is 6.92 Å². The van der Waals surface area contributed by atoms with Gasteiger partial charge in [0.2, 0.25) is 12.3 Å². The Hall–Kier alpha value is -6.92. The lowest BCUT2D eigenvalue weighted by Gasteiger charge is -2.32. The summed E-state index contributed by atoms with van der Waals surface area (Å²) in [5, 5.41) is 35.5. The molecule has 3 rings (SSSR count). The maximum atomic E-state index is 13.6. The summed E-state index contributed by atoms with van der Waals surface area (Å²) in [7, 11) is 1.49. The molecule has 0 fully saturated rings. The minimum atomic E-state index is -1.79. The first kappa shape index (κ1) is 45.5. The number of carboxylic acids is 3. The highest BCUT2D eigenvalue weighted by atomic mass is 16.7. The summed E-state index contributed by atoms with van der Waals surface area (Å²) in [6.07, 6.45) is 2.30. The molecule has 0 aliphatic rings. The molecule has 3 aromatic rings. The van der Waals surface area contributed by atoms with Crippen LogP contribution in [0, 0.1) is 12.8 Å². The van der Waals surface area contributed by atoms with Gasteiger partial charge in [-0.25, -0.2) is 14.4 Å². The number of benzene rings is 2. The van der Waals surface area contributed by atoms with E-state index in [1.54, 1.807) is 26.0 Å². The molecule has 19 heteroatoms. The van der Waals surface area contributed by atoms with E-state index in [-0.39, 0.29) is 47.0 Å². The smallest absolute Gasteiger partial charge is 0.363 e.